The number of hydrogen-bond donors (Lipinski definition) is 0. The van der Waals surface area contributed by atoms with E-state index in [1.807, 2.05) is 13.8 Å². The van der Waals surface area contributed by atoms with E-state index in [-0.39, 0.29) is 12.7 Å². The number of carbonyl (C=O) groups is 1. The Balaban J connectivity index is 2.07. The minimum atomic E-state index is -0.527. The maximum absolute atomic E-state index is 12.0. The summed E-state index contributed by atoms with van der Waals surface area (Å²) >= 11 is 6.26. The molecule has 0 fully saturated rings. The van der Waals surface area contributed by atoms with Crippen LogP contribution in [0.2, 0.25) is 5.02 Å². The second-order valence-corrected chi connectivity index (χ2v) is 6.32. The third kappa shape index (κ3) is 5.77. The van der Waals surface area contributed by atoms with Crippen molar-refractivity contribution in [1.29, 1.82) is 5.26 Å². The zero-order chi connectivity index (χ0) is 19.8. The van der Waals surface area contributed by atoms with Crippen LogP contribution < -0.4 is 9.47 Å². The van der Waals surface area contributed by atoms with Crippen LogP contribution >= 0.6 is 11.6 Å². The Morgan fingerprint density at radius 3 is 2.70 bits per heavy atom. The van der Waals surface area contributed by atoms with Crippen molar-refractivity contribution in [1.82, 2.24) is 0 Å². The second kappa shape index (κ2) is 9.65. The quantitative estimate of drug-likeness (QED) is 0.507. The smallest absolute Gasteiger partial charge is 0.331 e. The van der Waals surface area contributed by atoms with E-state index in [1.165, 1.54) is 13.2 Å². The predicted molar refractivity (Wildman–Crippen MR) is 104 cm³/mol. The lowest BCUT2D eigenvalue weighted by Crippen LogP contribution is -2.07. The van der Waals surface area contributed by atoms with Crippen molar-refractivity contribution in [2.45, 2.75) is 26.6 Å². The van der Waals surface area contributed by atoms with Gasteiger partial charge in [-0.3, -0.25) is 0 Å². The van der Waals surface area contributed by atoms with Crippen LogP contribution in [0.1, 0.15) is 30.5 Å². The molecule has 0 saturated carbocycles. The summed E-state index contributed by atoms with van der Waals surface area (Å²) in [6.07, 6.45) is 2.82. The summed E-state index contributed by atoms with van der Waals surface area (Å²) in [7, 11) is 1.52. The molecule has 0 atom stereocenters. The first-order valence-electron chi connectivity index (χ1n) is 8.31. The molecular formula is C21H20ClNO4. The number of benzene rings is 2. The van der Waals surface area contributed by atoms with E-state index < -0.39 is 5.97 Å². The third-order valence-corrected chi connectivity index (χ3v) is 3.81. The second-order valence-electron chi connectivity index (χ2n) is 5.91. The summed E-state index contributed by atoms with van der Waals surface area (Å²) in [6.45, 7) is 3.81. The minimum Gasteiger partial charge on any atom is -0.493 e. The maximum atomic E-state index is 12.0. The summed E-state index contributed by atoms with van der Waals surface area (Å²) in [6, 6.07) is 12.4. The molecule has 0 bridgehead atoms. The monoisotopic (exact) mass is 385 g/mol. The Hall–Kier alpha value is -2.97. The highest BCUT2D eigenvalue weighted by atomic mass is 35.5. The number of ether oxygens (including phenoxy) is 3. The van der Waals surface area contributed by atoms with Gasteiger partial charge in [-0.25, -0.2) is 4.79 Å². The van der Waals surface area contributed by atoms with Gasteiger partial charge in [0.05, 0.1) is 29.9 Å². The molecule has 140 valence electrons. The molecule has 0 radical (unpaired) electrons. The highest BCUT2D eigenvalue weighted by Gasteiger charge is 2.13. The molecule has 0 aliphatic carbocycles. The Kier molecular flexibility index (Phi) is 7.27. The SMILES string of the molecule is COc1cc(/C=C/C(=O)OCc2ccccc2C#N)cc(Cl)c1OC(C)C. The van der Waals surface area contributed by atoms with E-state index in [9.17, 15) is 4.79 Å². The zero-order valence-electron chi connectivity index (χ0n) is 15.4. The summed E-state index contributed by atoms with van der Waals surface area (Å²) < 4.78 is 16.2. The lowest BCUT2D eigenvalue weighted by atomic mass is 10.1. The van der Waals surface area contributed by atoms with Gasteiger partial charge in [0.15, 0.2) is 11.5 Å². The molecule has 0 aliphatic rings. The van der Waals surface area contributed by atoms with Crippen LogP contribution in [0.25, 0.3) is 6.08 Å². The van der Waals surface area contributed by atoms with Crippen LogP contribution in [0, 0.1) is 11.3 Å². The molecule has 0 saturated heterocycles. The molecule has 6 heteroatoms. The van der Waals surface area contributed by atoms with Crippen molar-refractivity contribution in [3.63, 3.8) is 0 Å². The summed E-state index contributed by atoms with van der Waals surface area (Å²) in [5.41, 5.74) is 1.80. The average molecular weight is 386 g/mol. The van der Waals surface area contributed by atoms with Crippen LogP contribution in [-0.4, -0.2) is 19.2 Å². The van der Waals surface area contributed by atoms with Gasteiger partial charge in [-0.1, -0.05) is 29.8 Å². The fraction of sp³-hybridized carbons (Fsp3) is 0.238. The standard InChI is InChI=1S/C21H20ClNO4/c1-14(2)27-21-18(22)10-15(11-19(21)25-3)8-9-20(24)26-13-17-7-5-4-6-16(17)12-23/h4-11,14H,13H2,1-3H3/b9-8+. The number of hydrogen-bond acceptors (Lipinski definition) is 5. The maximum Gasteiger partial charge on any atom is 0.331 e. The molecule has 0 aromatic heterocycles. The minimum absolute atomic E-state index is 0.0259. The number of carbonyl (C=O) groups excluding carboxylic acids is 1. The highest BCUT2D eigenvalue weighted by molar-refractivity contribution is 6.32. The molecule has 0 heterocycles. The van der Waals surface area contributed by atoms with Gasteiger partial charge in [0.25, 0.3) is 0 Å². The van der Waals surface area contributed by atoms with E-state index in [0.29, 0.717) is 33.2 Å². The summed E-state index contributed by atoms with van der Waals surface area (Å²) in [5, 5.41) is 9.44. The first-order chi connectivity index (χ1) is 12.9. The van der Waals surface area contributed by atoms with Gasteiger partial charge in [0.2, 0.25) is 0 Å². The van der Waals surface area contributed by atoms with Gasteiger partial charge >= 0.3 is 5.97 Å². The molecule has 0 unspecified atom stereocenters. The Labute approximate surface area is 163 Å². The molecule has 2 aromatic rings. The molecule has 27 heavy (non-hydrogen) atoms. The van der Waals surface area contributed by atoms with Gasteiger partial charge in [-0.15, -0.1) is 0 Å². The fourth-order valence-electron chi connectivity index (χ4n) is 2.30. The van der Waals surface area contributed by atoms with Crippen molar-refractivity contribution in [3.05, 3.63) is 64.2 Å². The highest BCUT2D eigenvalue weighted by Crippen LogP contribution is 2.37. The van der Waals surface area contributed by atoms with Crippen molar-refractivity contribution in [2.75, 3.05) is 7.11 Å². The number of rotatable bonds is 7. The van der Waals surface area contributed by atoms with Crippen LogP contribution in [0.15, 0.2) is 42.5 Å². The van der Waals surface area contributed by atoms with Crippen LogP contribution in [-0.2, 0) is 16.1 Å². The van der Waals surface area contributed by atoms with Crippen molar-refractivity contribution in [2.24, 2.45) is 0 Å². The van der Waals surface area contributed by atoms with Crippen molar-refractivity contribution >= 4 is 23.6 Å². The molecule has 0 aliphatic heterocycles. The third-order valence-electron chi connectivity index (χ3n) is 3.52. The Bertz CT molecular complexity index is 884. The molecule has 2 aromatic carbocycles. The Morgan fingerprint density at radius 2 is 2.04 bits per heavy atom. The summed E-state index contributed by atoms with van der Waals surface area (Å²) in [4.78, 5) is 12.0. The molecule has 0 spiro atoms. The number of halogens is 1. The molecular weight excluding hydrogens is 366 g/mol. The molecule has 0 N–H and O–H groups in total. The molecule has 2 rings (SSSR count). The first kappa shape index (κ1) is 20.3. The van der Waals surface area contributed by atoms with Gasteiger partial charge in [-0.05, 0) is 43.7 Å². The van der Waals surface area contributed by atoms with Crippen molar-refractivity contribution < 1.29 is 19.0 Å². The van der Waals surface area contributed by atoms with Gasteiger partial charge in [0, 0.05) is 11.6 Å². The lowest BCUT2D eigenvalue weighted by molar-refractivity contribution is -0.138. The van der Waals surface area contributed by atoms with E-state index in [4.69, 9.17) is 31.1 Å². The fourth-order valence-corrected chi connectivity index (χ4v) is 2.57. The normalized spacial score (nSPS) is 10.7. The topological polar surface area (TPSA) is 68.5 Å². The van der Waals surface area contributed by atoms with E-state index in [0.717, 1.165) is 0 Å². The number of esters is 1. The first-order valence-corrected chi connectivity index (χ1v) is 8.69. The number of nitriles is 1. The molecule has 0 amide bonds. The van der Waals surface area contributed by atoms with Gasteiger partial charge in [-0.2, -0.15) is 5.26 Å². The van der Waals surface area contributed by atoms with E-state index in [2.05, 4.69) is 6.07 Å². The van der Waals surface area contributed by atoms with E-state index in [1.54, 1.807) is 42.5 Å². The average Bonchev–Trinajstić information content (AvgIpc) is 2.66. The van der Waals surface area contributed by atoms with Gasteiger partial charge < -0.3 is 14.2 Å². The van der Waals surface area contributed by atoms with Crippen LogP contribution in [0.4, 0.5) is 0 Å². The van der Waals surface area contributed by atoms with Crippen LogP contribution in [0.3, 0.4) is 0 Å². The van der Waals surface area contributed by atoms with Crippen molar-refractivity contribution in [3.8, 4) is 17.6 Å². The predicted octanol–water partition coefficient (Wildman–Crippen LogP) is 4.76. The van der Waals surface area contributed by atoms with Gasteiger partial charge in [0.1, 0.15) is 6.61 Å². The van der Waals surface area contributed by atoms with Crippen LogP contribution in [0.5, 0.6) is 11.5 Å². The number of nitrogens with zero attached hydrogens (tertiary/aromatic N) is 1. The lowest BCUT2D eigenvalue weighted by Gasteiger charge is -2.15. The zero-order valence-corrected chi connectivity index (χ0v) is 16.1. The largest absolute Gasteiger partial charge is 0.493 e. The van der Waals surface area contributed by atoms with E-state index >= 15 is 0 Å². The molecule has 5 nitrogen and oxygen atoms in total. The summed E-state index contributed by atoms with van der Waals surface area (Å²) in [5.74, 6) is 0.412. The number of methoxy groups -OCH3 is 1. The Morgan fingerprint density at radius 1 is 1.30 bits per heavy atom.